The summed E-state index contributed by atoms with van der Waals surface area (Å²) in [5, 5.41) is 3.37. The number of ether oxygens (including phenoxy) is 1. The smallest absolute Gasteiger partial charge is 0.246 e. The van der Waals surface area contributed by atoms with Crippen molar-refractivity contribution in [1.29, 1.82) is 0 Å². The third-order valence-corrected chi connectivity index (χ3v) is 6.24. The molecule has 2 aromatic rings. The van der Waals surface area contributed by atoms with Crippen molar-refractivity contribution in [2.75, 3.05) is 25.0 Å². The minimum Gasteiger partial charge on any atom is -0.488 e. The largest absolute Gasteiger partial charge is 0.488 e. The Bertz CT molecular complexity index is 1110. The van der Waals surface area contributed by atoms with Gasteiger partial charge in [0.1, 0.15) is 18.0 Å². The fourth-order valence-corrected chi connectivity index (χ4v) is 4.01. The van der Waals surface area contributed by atoms with Gasteiger partial charge < -0.3 is 19.9 Å². The first-order valence-corrected chi connectivity index (χ1v) is 11.1. The molecule has 3 atom stereocenters. The summed E-state index contributed by atoms with van der Waals surface area (Å²) >= 11 is 0. The Hall–Kier alpha value is -3.30. The molecule has 1 aliphatic heterocycles. The van der Waals surface area contributed by atoms with Gasteiger partial charge >= 0.3 is 0 Å². The van der Waals surface area contributed by atoms with E-state index in [2.05, 4.69) is 26.8 Å². The Balaban J connectivity index is 1.44. The number of nitrogens with zero attached hydrogens (tertiary/aromatic N) is 4. The fraction of sp³-hybridized carbons (Fsp3) is 0.478. The quantitative estimate of drug-likeness (QED) is 0.578. The number of hydrogen-bond acceptors (Lipinski definition) is 6. The molecule has 176 valence electrons. The number of aromatic amines is 1. The summed E-state index contributed by atoms with van der Waals surface area (Å²) in [6.07, 6.45) is 5.42. The van der Waals surface area contributed by atoms with E-state index in [4.69, 9.17) is 9.72 Å². The monoisotopic (exact) mass is 458 g/mol. The zero-order chi connectivity index (χ0) is 23.5. The van der Waals surface area contributed by atoms with Gasteiger partial charge in [0.15, 0.2) is 28.6 Å². The van der Waals surface area contributed by atoms with Crippen LogP contribution in [0.25, 0.3) is 11.2 Å². The normalized spacial score (nSPS) is 20.5. The first-order valence-electron chi connectivity index (χ1n) is 11.1. The standard InChI is InChI=1S/C23H28F2N6O2/c1-4-18(32)31-9-8-15(10-31)28-22-19-23(27-12-26-22)30-21(29-19)14(3)13(2)11-33-20-16(24)6-5-7-17(20)25/h4,6,12-15H,1,5,7-11H2,2-3H3,(H2,26,27,28,29,30). The van der Waals surface area contributed by atoms with Crippen LogP contribution in [0.4, 0.5) is 14.6 Å². The number of allylic oxidation sites excluding steroid dienone is 3. The van der Waals surface area contributed by atoms with Crippen LogP contribution in [0.3, 0.4) is 0 Å². The molecule has 33 heavy (non-hydrogen) atoms. The number of likely N-dealkylation sites (tertiary alicyclic amines) is 1. The molecule has 1 fully saturated rings. The van der Waals surface area contributed by atoms with Crippen molar-refractivity contribution < 1.29 is 18.3 Å². The zero-order valence-electron chi connectivity index (χ0n) is 18.8. The van der Waals surface area contributed by atoms with E-state index in [9.17, 15) is 13.6 Å². The number of imidazole rings is 1. The number of halogens is 2. The van der Waals surface area contributed by atoms with Gasteiger partial charge in [0.2, 0.25) is 5.91 Å². The summed E-state index contributed by atoms with van der Waals surface area (Å²) in [6.45, 7) is 8.82. The molecule has 1 amide bonds. The van der Waals surface area contributed by atoms with Crippen LogP contribution in [-0.2, 0) is 9.53 Å². The molecule has 0 saturated carbocycles. The molecule has 3 unspecified atom stereocenters. The van der Waals surface area contributed by atoms with E-state index in [1.165, 1.54) is 18.5 Å². The molecule has 2 N–H and O–H groups in total. The molecule has 1 saturated heterocycles. The number of aromatic nitrogens is 4. The molecule has 4 rings (SSSR count). The van der Waals surface area contributed by atoms with Crippen LogP contribution >= 0.6 is 0 Å². The molecule has 10 heteroatoms. The van der Waals surface area contributed by atoms with Crippen LogP contribution in [0.1, 0.15) is 44.9 Å². The van der Waals surface area contributed by atoms with Gasteiger partial charge in [-0.1, -0.05) is 20.4 Å². The van der Waals surface area contributed by atoms with Gasteiger partial charge in [-0.3, -0.25) is 4.79 Å². The van der Waals surface area contributed by atoms with Crippen molar-refractivity contribution in [2.24, 2.45) is 5.92 Å². The van der Waals surface area contributed by atoms with Crippen molar-refractivity contribution in [3.63, 3.8) is 0 Å². The molecular weight excluding hydrogens is 430 g/mol. The Labute approximate surface area is 190 Å². The average molecular weight is 459 g/mol. The molecule has 2 aliphatic rings. The number of fused-ring (bicyclic) bond motifs is 1. The number of carbonyl (C=O) groups is 1. The van der Waals surface area contributed by atoms with E-state index in [-0.39, 0.29) is 42.6 Å². The van der Waals surface area contributed by atoms with Crippen molar-refractivity contribution in [1.82, 2.24) is 24.8 Å². The third-order valence-electron chi connectivity index (χ3n) is 6.24. The molecule has 8 nitrogen and oxygen atoms in total. The molecule has 0 radical (unpaired) electrons. The minimum atomic E-state index is -0.645. The summed E-state index contributed by atoms with van der Waals surface area (Å²) in [7, 11) is 0. The molecular formula is C23H28F2N6O2. The van der Waals surface area contributed by atoms with Crippen LogP contribution < -0.4 is 5.32 Å². The molecule has 0 bridgehead atoms. The highest BCUT2D eigenvalue weighted by Gasteiger charge is 2.27. The summed E-state index contributed by atoms with van der Waals surface area (Å²) in [5.41, 5.74) is 1.20. The van der Waals surface area contributed by atoms with Gasteiger partial charge in [-0.15, -0.1) is 0 Å². The maximum atomic E-state index is 13.9. The molecule has 3 heterocycles. The lowest BCUT2D eigenvalue weighted by molar-refractivity contribution is -0.125. The maximum Gasteiger partial charge on any atom is 0.246 e. The first-order chi connectivity index (χ1) is 15.9. The molecule has 2 aromatic heterocycles. The topological polar surface area (TPSA) is 96.0 Å². The van der Waals surface area contributed by atoms with E-state index in [1.807, 2.05) is 13.8 Å². The number of hydrogen-bond donors (Lipinski definition) is 2. The van der Waals surface area contributed by atoms with Crippen molar-refractivity contribution >= 4 is 22.9 Å². The second kappa shape index (κ2) is 9.68. The number of nitrogens with one attached hydrogen (secondary N) is 2. The SMILES string of the molecule is C=CC(=O)N1CCC(Nc2ncnc3[nH]c(C(C)C(C)COC4=C(F)CCC=C4F)nc23)C1. The summed E-state index contributed by atoms with van der Waals surface area (Å²) in [6, 6.07) is 0.0542. The molecule has 0 aromatic carbocycles. The molecule has 0 spiro atoms. The number of H-pyrrole nitrogens is 1. The average Bonchev–Trinajstić information content (AvgIpc) is 3.45. The van der Waals surface area contributed by atoms with Crippen molar-refractivity contribution in [3.05, 3.63) is 48.3 Å². The van der Waals surface area contributed by atoms with Gasteiger partial charge in [0, 0.05) is 31.5 Å². The van der Waals surface area contributed by atoms with Crippen LogP contribution in [0.2, 0.25) is 0 Å². The Kier molecular flexibility index (Phi) is 6.71. The van der Waals surface area contributed by atoms with E-state index in [0.29, 0.717) is 42.3 Å². The van der Waals surface area contributed by atoms with E-state index >= 15 is 0 Å². The van der Waals surface area contributed by atoms with Crippen molar-refractivity contribution in [2.45, 2.75) is 45.1 Å². The van der Waals surface area contributed by atoms with Crippen LogP contribution in [0.15, 0.2) is 42.5 Å². The Morgan fingerprint density at radius 1 is 1.42 bits per heavy atom. The lowest BCUT2D eigenvalue weighted by atomic mass is 9.96. The van der Waals surface area contributed by atoms with E-state index < -0.39 is 11.7 Å². The van der Waals surface area contributed by atoms with E-state index in [0.717, 1.165) is 6.42 Å². The van der Waals surface area contributed by atoms with Gasteiger partial charge in [0.05, 0.1) is 6.61 Å². The summed E-state index contributed by atoms with van der Waals surface area (Å²) in [4.78, 5) is 30.1. The third kappa shape index (κ3) is 4.89. The summed E-state index contributed by atoms with van der Waals surface area (Å²) < 4.78 is 33.3. The van der Waals surface area contributed by atoms with E-state index in [1.54, 1.807) is 4.90 Å². The lowest BCUT2D eigenvalue weighted by Gasteiger charge is -2.20. The van der Waals surface area contributed by atoms with Gasteiger partial charge in [0.25, 0.3) is 0 Å². The maximum absolute atomic E-state index is 13.9. The minimum absolute atomic E-state index is 0.0542. The number of anilines is 1. The van der Waals surface area contributed by atoms with Gasteiger partial charge in [-0.05, 0) is 30.9 Å². The van der Waals surface area contributed by atoms with Crippen LogP contribution in [-0.4, -0.2) is 56.5 Å². The predicted molar refractivity (Wildman–Crippen MR) is 121 cm³/mol. The van der Waals surface area contributed by atoms with Gasteiger partial charge in [-0.2, -0.15) is 0 Å². The summed E-state index contributed by atoms with van der Waals surface area (Å²) in [5.74, 6) is -0.441. The van der Waals surface area contributed by atoms with Crippen LogP contribution in [0.5, 0.6) is 0 Å². The Morgan fingerprint density at radius 2 is 2.24 bits per heavy atom. The zero-order valence-corrected chi connectivity index (χ0v) is 18.8. The highest BCUT2D eigenvalue weighted by molar-refractivity contribution is 5.87. The predicted octanol–water partition coefficient (Wildman–Crippen LogP) is 4.14. The molecule has 1 aliphatic carbocycles. The first kappa shape index (κ1) is 22.9. The number of amides is 1. The van der Waals surface area contributed by atoms with Crippen LogP contribution in [0, 0.1) is 5.92 Å². The van der Waals surface area contributed by atoms with Crippen molar-refractivity contribution in [3.8, 4) is 0 Å². The number of rotatable bonds is 8. The second-order valence-electron chi connectivity index (χ2n) is 8.56. The lowest BCUT2D eigenvalue weighted by Crippen LogP contribution is -2.30. The highest BCUT2D eigenvalue weighted by atomic mass is 19.1. The second-order valence-corrected chi connectivity index (χ2v) is 8.56. The van der Waals surface area contributed by atoms with Gasteiger partial charge in [-0.25, -0.2) is 23.7 Å². The number of carbonyl (C=O) groups excluding carboxylic acids is 1. The highest BCUT2D eigenvalue weighted by Crippen LogP contribution is 2.31. The Morgan fingerprint density at radius 3 is 3.00 bits per heavy atom. The fourth-order valence-electron chi connectivity index (χ4n) is 4.01.